The summed E-state index contributed by atoms with van der Waals surface area (Å²) in [5.74, 6) is -0.496. The van der Waals surface area contributed by atoms with Gasteiger partial charge >= 0.3 is 6.03 Å². The molecular formula is C25H24FN5O2. The Balaban J connectivity index is 1.84. The van der Waals surface area contributed by atoms with Crippen molar-refractivity contribution < 1.29 is 14.0 Å². The van der Waals surface area contributed by atoms with Crippen molar-refractivity contribution in [1.82, 2.24) is 20.1 Å². The largest absolute Gasteiger partial charge is 0.342 e. The van der Waals surface area contributed by atoms with Crippen molar-refractivity contribution in [2.45, 2.75) is 33.7 Å². The first-order valence-electron chi connectivity index (χ1n) is 10.6. The number of amides is 2. The molecule has 168 valence electrons. The van der Waals surface area contributed by atoms with Gasteiger partial charge in [0.05, 0.1) is 29.3 Å². The lowest BCUT2D eigenvalue weighted by Gasteiger charge is -2.13. The van der Waals surface area contributed by atoms with Gasteiger partial charge in [-0.15, -0.1) is 0 Å². The maximum Gasteiger partial charge on any atom is 0.342 e. The standard InChI is InChI=1S/C25H24FN5O2/c1-14(2)29-25(33)31-23-8-6-17(10-19(23)12-28-31)21-11-20(30-16(4)32)13-27-24(21)18-5-7-22(26)15(3)9-18/h5-14H,1-4H3,(H,29,33)(H,30,32). The van der Waals surface area contributed by atoms with Gasteiger partial charge in [0.1, 0.15) is 5.82 Å². The third-order valence-electron chi connectivity index (χ3n) is 5.12. The van der Waals surface area contributed by atoms with E-state index in [0.717, 1.165) is 22.1 Å². The average Bonchev–Trinajstić information content (AvgIpc) is 3.18. The van der Waals surface area contributed by atoms with Crippen LogP contribution in [0.1, 0.15) is 26.3 Å². The van der Waals surface area contributed by atoms with Gasteiger partial charge in [-0.3, -0.25) is 9.78 Å². The first kappa shape index (κ1) is 22.1. The van der Waals surface area contributed by atoms with E-state index < -0.39 is 0 Å². The molecule has 0 aliphatic carbocycles. The molecule has 0 fully saturated rings. The minimum absolute atomic E-state index is 0.0136. The fourth-order valence-corrected chi connectivity index (χ4v) is 3.65. The monoisotopic (exact) mass is 445 g/mol. The smallest absolute Gasteiger partial charge is 0.334 e. The van der Waals surface area contributed by atoms with Crippen molar-refractivity contribution in [3.8, 4) is 22.4 Å². The molecule has 8 heteroatoms. The number of aryl methyl sites for hydroxylation is 1. The highest BCUT2D eigenvalue weighted by Gasteiger charge is 2.16. The molecule has 2 aromatic heterocycles. The summed E-state index contributed by atoms with van der Waals surface area (Å²) in [6.07, 6.45) is 3.21. The van der Waals surface area contributed by atoms with Gasteiger partial charge in [-0.1, -0.05) is 6.07 Å². The molecule has 2 aromatic carbocycles. The van der Waals surface area contributed by atoms with Gasteiger partial charge in [-0.25, -0.2) is 9.18 Å². The van der Waals surface area contributed by atoms with Crippen LogP contribution in [0, 0.1) is 12.7 Å². The maximum atomic E-state index is 13.9. The number of nitrogens with one attached hydrogen (secondary N) is 2. The Bertz CT molecular complexity index is 1380. The van der Waals surface area contributed by atoms with Crippen molar-refractivity contribution in [2.75, 3.05) is 5.32 Å². The lowest BCUT2D eigenvalue weighted by molar-refractivity contribution is -0.114. The number of pyridine rings is 1. The lowest BCUT2D eigenvalue weighted by atomic mass is 9.97. The molecule has 0 unspecified atom stereocenters. The zero-order chi connectivity index (χ0) is 23.7. The Morgan fingerprint density at radius 3 is 2.48 bits per heavy atom. The number of benzene rings is 2. The van der Waals surface area contributed by atoms with Crippen LogP contribution in [0.15, 0.2) is 54.9 Å². The molecule has 2 N–H and O–H groups in total. The first-order valence-corrected chi connectivity index (χ1v) is 10.6. The second kappa shape index (κ2) is 8.82. The van der Waals surface area contributed by atoms with E-state index in [1.165, 1.54) is 17.7 Å². The highest BCUT2D eigenvalue weighted by Crippen LogP contribution is 2.34. The lowest BCUT2D eigenvalue weighted by Crippen LogP contribution is -2.34. The van der Waals surface area contributed by atoms with Gasteiger partial charge in [0.15, 0.2) is 0 Å². The molecule has 0 radical (unpaired) electrons. The predicted molar refractivity (Wildman–Crippen MR) is 126 cm³/mol. The van der Waals surface area contributed by atoms with Crippen LogP contribution >= 0.6 is 0 Å². The van der Waals surface area contributed by atoms with Crippen molar-refractivity contribution in [1.29, 1.82) is 0 Å². The predicted octanol–water partition coefficient (Wildman–Crippen LogP) is 5.14. The molecule has 0 bridgehead atoms. The van der Waals surface area contributed by atoms with E-state index in [0.29, 0.717) is 22.5 Å². The van der Waals surface area contributed by atoms with E-state index >= 15 is 0 Å². The third kappa shape index (κ3) is 4.59. The highest BCUT2D eigenvalue weighted by atomic mass is 19.1. The summed E-state index contributed by atoms with van der Waals surface area (Å²) in [5, 5.41) is 10.6. The van der Waals surface area contributed by atoms with E-state index in [1.807, 2.05) is 38.1 Å². The van der Waals surface area contributed by atoms with E-state index in [-0.39, 0.29) is 23.8 Å². The van der Waals surface area contributed by atoms with Crippen LogP contribution in [-0.4, -0.2) is 32.7 Å². The van der Waals surface area contributed by atoms with Gasteiger partial charge in [-0.05, 0) is 68.3 Å². The van der Waals surface area contributed by atoms with Crippen LogP contribution in [0.5, 0.6) is 0 Å². The van der Waals surface area contributed by atoms with Gasteiger partial charge in [0.2, 0.25) is 5.91 Å². The molecular weight excluding hydrogens is 421 g/mol. The molecule has 4 aromatic rings. The summed E-state index contributed by atoms with van der Waals surface area (Å²) < 4.78 is 15.2. The van der Waals surface area contributed by atoms with Gasteiger partial charge in [0, 0.05) is 29.5 Å². The van der Waals surface area contributed by atoms with Gasteiger partial charge in [-0.2, -0.15) is 9.78 Å². The number of nitrogens with zero attached hydrogens (tertiary/aromatic N) is 3. The summed E-state index contributed by atoms with van der Waals surface area (Å²) in [6.45, 7) is 6.90. The van der Waals surface area contributed by atoms with E-state index in [2.05, 4.69) is 20.7 Å². The summed E-state index contributed by atoms with van der Waals surface area (Å²) in [6, 6.07) is 12.0. The van der Waals surface area contributed by atoms with Crippen LogP contribution in [0.4, 0.5) is 14.9 Å². The zero-order valence-corrected chi connectivity index (χ0v) is 18.8. The van der Waals surface area contributed by atoms with Crippen LogP contribution in [0.3, 0.4) is 0 Å². The van der Waals surface area contributed by atoms with E-state index in [1.54, 1.807) is 31.5 Å². The van der Waals surface area contributed by atoms with Crippen LogP contribution in [0.2, 0.25) is 0 Å². The maximum absolute atomic E-state index is 13.9. The highest BCUT2D eigenvalue weighted by molar-refractivity contribution is 5.95. The van der Waals surface area contributed by atoms with Gasteiger partial charge < -0.3 is 10.6 Å². The molecule has 7 nitrogen and oxygen atoms in total. The zero-order valence-electron chi connectivity index (χ0n) is 18.8. The number of fused-ring (bicyclic) bond motifs is 1. The number of anilines is 1. The Morgan fingerprint density at radius 1 is 1.03 bits per heavy atom. The van der Waals surface area contributed by atoms with Gasteiger partial charge in [0.25, 0.3) is 0 Å². The number of carbonyl (C=O) groups excluding carboxylic acids is 2. The molecule has 4 rings (SSSR count). The summed E-state index contributed by atoms with van der Waals surface area (Å²) in [5.41, 5.74) is 4.71. The van der Waals surface area contributed by atoms with E-state index in [4.69, 9.17) is 0 Å². The Labute approximate surface area is 190 Å². The number of hydrogen-bond donors (Lipinski definition) is 2. The SMILES string of the molecule is CC(=O)Nc1cnc(-c2ccc(F)c(C)c2)c(-c2ccc3c(cnn3C(=O)NC(C)C)c2)c1. The average molecular weight is 445 g/mol. The van der Waals surface area contributed by atoms with Crippen molar-refractivity contribution >= 4 is 28.5 Å². The molecule has 0 aliphatic heterocycles. The second-order valence-electron chi connectivity index (χ2n) is 8.20. The Kier molecular flexibility index (Phi) is 5.91. The minimum Gasteiger partial charge on any atom is -0.334 e. The number of rotatable bonds is 4. The van der Waals surface area contributed by atoms with E-state index in [9.17, 15) is 14.0 Å². The third-order valence-corrected chi connectivity index (χ3v) is 5.12. The second-order valence-corrected chi connectivity index (χ2v) is 8.20. The molecule has 0 spiro atoms. The minimum atomic E-state index is -0.301. The fraction of sp³-hybridized carbons (Fsp3) is 0.200. The fourth-order valence-electron chi connectivity index (χ4n) is 3.65. The normalized spacial score (nSPS) is 11.1. The molecule has 0 atom stereocenters. The number of carbonyl (C=O) groups is 2. The molecule has 0 saturated heterocycles. The van der Waals surface area contributed by atoms with Crippen molar-refractivity contribution in [2.24, 2.45) is 0 Å². The van der Waals surface area contributed by atoms with Crippen molar-refractivity contribution in [3.05, 3.63) is 66.2 Å². The molecule has 0 aliphatic rings. The number of halogens is 1. The topological polar surface area (TPSA) is 88.9 Å². The van der Waals surface area contributed by atoms with Crippen LogP contribution < -0.4 is 10.6 Å². The quantitative estimate of drug-likeness (QED) is 0.455. The number of aromatic nitrogens is 3. The molecule has 2 amide bonds. The first-order chi connectivity index (χ1) is 15.7. The Morgan fingerprint density at radius 2 is 1.79 bits per heavy atom. The van der Waals surface area contributed by atoms with Crippen LogP contribution in [0.25, 0.3) is 33.3 Å². The molecule has 33 heavy (non-hydrogen) atoms. The molecule has 2 heterocycles. The number of hydrogen-bond acceptors (Lipinski definition) is 4. The summed E-state index contributed by atoms with van der Waals surface area (Å²) >= 11 is 0. The summed E-state index contributed by atoms with van der Waals surface area (Å²) in [4.78, 5) is 28.6. The van der Waals surface area contributed by atoms with Crippen LogP contribution in [-0.2, 0) is 4.79 Å². The summed E-state index contributed by atoms with van der Waals surface area (Å²) in [7, 11) is 0. The molecule has 0 saturated carbocycles. The Hall–Kier alpha value is -4.07. The van der Waals surface area contributed by atoms with Crippen molar-refractivity contribution in [3.63, 3.8) is 0 Å².